The molecule has 1 fully saturated rings. The molecule has 0 bridgehead atoms. The van der Waals surface area contributed by atoms with Crippen LogP contribution in [0.4, 0.5) is 10.1 Å². The normalized spacial score (nSPS) is 15.2. The van der Waals surface area contributed by atoms with Gasteiger partial charge in [-0.05, 0) is 25.0 Å². The monoisotopic (exact) mass is 284 g/mol. The summed E-state index contributed by atoms with van der Waals surface area (Å²) >= 11 is 0. The molecule has 0 radical (unpaired) electrons. The summed E-state index contributed by atoms with van der Waals surface area (Å²) in [6.07, 6.45) is 1.91. The molecule has 4 N–H and O–H groups in total. The van der Waals surface area contributed by atoms with Crippen molar-refractivity contribution < 1.29 is 24.2 Å². The van der Waals surface area contributed by atoms with Crippen LogP contribution in [0.3, 0.4) is 0 Å². The average molecular weight is 284 g/mol. The van der Waals surface area contributed by atoms with E-state index in [2.05, 4.69) is 4.90 Å². The van der Waals surface area contributed by atoms with E-state index in [1.807, 2.05) is 12.1 Å². The maximum Gasteiger partial charge on any atom is 0.414 e. The van der Waals surface area contributed by atoms with Gasteiger partial charge in [0.15, 0.2) is 0 Å². The predicted octanol–water partition coefficient (Wildman–Crippen LogP) is 0.909. The third-order valence-corrected chi connectivity index (χ3v) is 2.92. The molecule has 2 rings (SSSR count). The van der Waals surface area contributed by atoms with E-state index < -0.39 is 11.9 Å². The standard InChI is InChI=1S/C11H15FN2.C2H2O4/c12-10-3-1-2-4-11(10)14-7-5-9(13)6-8-14;3-1(4)2(5)6/h1-4,9H,5-8,13H2;(H,3,4)(H,5,6). The molecule has 0 aliphatic carbocycles. The highest BCUT2D eigenvalue weighted by molar-refractivity contribution is 6.27. The third kappa shape index (κ3) is 4.85. The van der Waals surface area contributed by atoms with E-state index in [-0.39, 0.29) is 11.9 Å². The number of hydrogen-bond donors (Lipinski definition) is 3. The summed E-state index contributed by atoms with van der Waals surface area (Å²) in [6.45, 7) is 1.73. The van der Waals surface area contributed by atoms with Gasteiger partial charge < -0.3 is 20.8 Å². The lowest BCUT2D eigenvalue weighted by Gasteiger charge is -2.32. The van der Waals surface area contributed by atoms with Crippen molar-refractivity contribution in [1.82, 2.24) is 0 Å². The minimum Gasteiger partial charge on any atom is -0.473 e. The first-order chi connectivity index (χ1) is 9.41. The number of carboxylic acid groups (broad SMARTS) is 2. The van der Waals surface area contributed by atoms with Gasteiger partial charge in [-0.15, -0.1) is 0 Å². The number of hydrogen-bond acceptors (Lipinski definition) is 4. The first-order valence-corrected chi connectivity index (χ1v) is 6.13. The van der Waals surface area contributed by atoms with Crippen LogP contribution in [0.15, 0.2) is 24.3 Å². The van der Waals surface area contributed by atoms with Crippen molar-refractivity contribution in [3.8, 4) is 0 Å². The predicted molar refractivity (Wildman–Crippen MR) is 71.1 cm³/mol. The summed E-state index contributed by atoms with van der Waals surface area (Å²) in [5, 5.41) is 14.8. The van der Waals surface area contributed by atoms with E-state index in [9.17, 15) is 4.39 Å². The first kappa shape index (κ1) is 15.9. The van der Waals surface area contributed by atoms with Crippen LogP contribution in [0.1, 0.15) is 12.8 Å². The van der Waals surface area contributed by atoms with Crippen molar-refractivity contribution in [3.05, 3.63) is 30.1 Å². The number of nitrogens with two attached hydrogens (primary N) is 1. The number of carbonyl (C=O) groups is 2. The van der Waals surface area contributed by atoms with Crippen molar-refractivity contribution in [3.63, 3.8) is 0 Å². The van der Waals surface area contributed by atoms with Gasteiger partial charge in [-0.3, -0.25) is 0 Å². The molecule has 1 aliphatic heterocycles. The number of benzene rings is 1. The topological polar surface area (TPSA) is 104 Å². The van der Waals surface area contributed by atoms with Crippen LogP contribution < -0.4 is 10.6 Å². The molecule has 7 heteroatoms. The number of aliphatic carboxylic acids is 2. The van der Waals surface area contributed by atoms with Gasteiger partial charge in [0, 0.05) is 19.1 Å². The van der Waals surface area contributed by atoms with Gasteiger partial charge in [0.25, 0.3) is 0 Å². The van der Waals surface area contributed by atoms with Gasteiger partial charge in [0.05, 0.1) is 5.69 Å². The fourth-order valence-corrected chi connectivity index (χ4v) is 1.85. The van der Waals surface area contributed by atoms with Gasteiger partial charge >= 0.3 is 11.9 Å². The van der Waals surface area contributed by atoms with Gasteiger partial charge in [-0.2, -0.15) is 0 Å². The highest BCUT2D eigenvalue weighted by Crippen LogP contribution is 2.22. The van der Waals surface area contributed by atoms with Crippen LogP contribution in [0.5, 0.6) is 0 Å². The zero-order chi connectivity index (χ0) is 15.1. The number of nitrogens with zero attached hydrogens (tertiary/aromatic N) is 1. The van der Waals surface area contributed by atoms with Gasteiger partial charge in [-0.1, -0.05) is 12.1 Å². The van der Waals surface area contributed by atoms with Crippen molar-refractivity contribution in [1.29, 1.82) is 0 Å². The molecule has 6 nitrogen and oxygen atoms in total. The Hall–Kier alpha value is -2.15. The van der Waals surface area contributed by atoms with E-state index in [1.165, 1.54) is 6.07 Å². The van der Waals surface area contributed by atoms with Crippen LogP contribution in [0.25, 0.3) is 0 Å². The molecular weight excluding hydrogens is 267 g/mol. The number of carboxylic acids is 2. The Kier molecular flexibility index (Phi) is 5.92. The van der Waals surface area contributed by atoms with Crippen LogP contribution in [0, 0.1) is 5.82 Å². The summed E-state index contributed by atoms with van der Waals surface area (Å²) in [5.41, 5.74) is 6.50. The van der Waals surface area contributed by atoms with Crippen molar-refractivity contribution in [2.24, 2.45) is 5.73 Å². The molecule has 1 aromatic rings. The smallest absolute Gasteiger partial charge is 0.414 e. The van der Waals surface area contributed by atoms with Crippen LogP contribution in [0.2, 0.25) is 0 Å². The van der Waals surface area contributed by atoms with Gasteiger partial charge in [0.1, 0.15) is 5.82 Å². The molecule has 1 heterocycles. The van der Waals surface area contributed by atoms with Crippen LogP contribution >= 0.6 is 0 Å². The second-order valence-electron chi connectivity index (χ2n) is 4.39. The molecule has 0 spiro atoms. The number of piperidine rings is 1. The molecule has 20 heavy (non-hydrogen) atoms. The molecule has 0 atom stereocenters. The molecule has 110 valence electrons. The van der Waals surface area contributed by atoms with Crippen molar-refractivity contribution >= 4 is 17.6 Å². The summed E-state index contributed by atoms with van der Waals surface area (Å²) < 4.78 is 13.4. The van der Waals surface area contributed by atoms with E-state index in [0.29, 0.717) is 5.69 Å². The number of rotatable bonds is 1. The Bertz CT molecular complexity index is 461. The molecule has 0 unspecified atom stereocenters. The van der Waals surface area contributed by atoms with E-state index in [4.69, 9.17) is 25.5 Å². The lowest BCUT2D eigenvalue weighted by molar-refractivity contribution is -0.159. The second-order valence-corrected chi connectivity index (χ2v) is 4.39. The zero-order valence-corrected chi connectivity index (χ0v) is 10.8. The molecule has 1 aliphatic rings. The Labute approximate surface area is 115 Å². The van der Waals surface area contributed by atoms with E-state index in [0.717, 1.165) is 25.9 Å². The molecule has 1 saturated heterocycles. The van der Waals surface area contributed by atoms with Crippen LogP contribution in [-0.4, -0.2) is 41.3 Å². The van der Waals surface area contributed by atoms with E-state index >= 15 is 0 Å². The summed E-state index contributed by atoms with van der Waals surface area (Å²) in [6, 6.07) is 7.20. The average Bonchev–Trinajstić information content (AvgIpc) is 2.41. The maximum absolute atomic E-state index is 13.4. The Morgan fingerprint density at radius 2 is 1.65 bits per heavy atom. The third-order valence-electron chi connectivity index (χ3n) is 2.92. The number of halogens is 1. The summed E-state index contributed by atoms with van der Waals surface area (Å²) in [5.74, 6) is -3.78. The Morgan fingerprint density at radius 3 is 2.10 bits per heavy atom. The van der Waals surface area contributed by atoms with Crippen molar-refractivity contribution in [2.75, 3.05) is 18.0 Å². The Balaban J connectivity index is 0.000000286. The largest absolute Gasteiger partial charge is 0.473 e. The minimum atomic E-state index is -1.82. The van der Waals surface area contributed by atoms with Gasteiger partial charge in [-0.25, -0.2) is 14.0 Å². The summed E-state index contributed by atoms with van der Waals surface area (Å²) in [7, 11) is 0. The van der Waals surface area contributed by atoms with E-state index in [1.54, 1.807) is 6.07 Å². The number of anilines is 1. The Morgan fingerprint density at radius 1 is 1.15 bits per heavy atom. The SMILES string of the molecule is NC1CCN(c2ccccc2F)CC1.O=C(O)C(=O)O. The molecule has 0 aromatic heterocycles. The van der Waals surface area contributed by atoms with Crippen molar-refractivity contribution in [2.45, 2.75) is 18.9 Å². The molecule has 0 saturated carbocycles. The first-order valence-electron chi connectivity index (χ1n) is 6.13. The summed E-state index contributed by atoms with van der Waals surface area (Å²) in [4.78, 5) is 20.3. The molecular formula is C13H17FN2O4. The second kappa shape index (κ2) is 7.44. The highest BCUT2D eigenvalue weighted by Gasteiger charge is 2.18. The van der Waals surface area contributed by atoms with Crippen LogP contribution in [-0.2, 0) is 9.59 Å². The quantitative estimate of drug-likeness (QED) is 0.662. The highest BCUT2D eigenvalue weighted by atomic mass is 19.1. The molecule has 0 amide bonds. The minimum absolute atomic E-state index is 0.136. The fourth-order valence-electron chi connectivity index (χ4n) is 1.85. The number of para-hydroxylation sites is 1. The fraction of sp³-hybridized carbons (Fsp3) is 0.385. The zero-order valence-electron chi connectivity index (χ0n) is 10.8. The lowest BCUT2D eigenvalue weighted by Crippen LogP contribution is -2.40. The van der Waals surface area contributed by atoms with Gasteiger partial charge in [0.2, 0.25) is 0 Å². The lowest BCUT2D eigenvalue weighted by atomic mass is 10.1. The molecule has 1 aromatic carbocycles. The maximum atomic E-state index is 13.4.